The van der Waals surface area contributed by atoms with Gasteiger partial charge < -0.3 is 4.90 Å². The first-order chi connectivity index (χ1) is 11.6. The highest BCUT2D eigenvalue weighted by molar-refractivity contribution is 7.99. The highest BCUT2D eigenvalue weighted by atomic mass is 32.2. The van der Waals surface area contributed by atoms with Gasteiger partial charge >= 0.3 is 0 Å². The van der Waals surface area contributed by atoms with Crippen LogP contribution in [0.3, 0.4) is 0 Å². The lowest BCUT2D eigenvalue weighted by Gasteiger charge is -2.20. The molecule has 1 aromatic heterocycles. The molecule has 0 aliphatic heterocycles. The Balaban J connectivity index is 1.87. The number of aromatic amines is 1. The molecule has 2 aromatic rings. The van der Waals surface area contributed by atoms with Crippen LogP contribution in [0.15, 0.2) is 34.5 Å². The van der Waals surface area contributed by atoms with Gasteiger partial charge in [0.25, 0.3) is 0 Å². The van der Waals surface area contributed by atoms with Gasteiger partial charge in [-0.1, -0.05) is 37.7 Å². The molecule has 2 N–H and O–H groups in total. The van der Waals surface area contributed by atoms with E-state index in [0.29, 0.717) is 11.9 Å². The minimum atomic E-state index is 0.553. The minimum Gasteiger partial charge on any atom is -0.372 e. The molecule has 130 valence electrons. The largest absolute Gasteiger partial charge is 0.372 e. The van der Waals surface area contributed by atoms with Crippen LogP contribution in [0, 0.1) is 5.92 Å². The molecule has 0 saturated carbocycles. The topological polar surface area (TPSA) is 69.2 Å². The number of nitrogens with one attached hydrogen (secondary N) is 2. The first kappa shape index (κ1) is 18.3. The summed E-state index contributed by atoms with van der Waals surface area (Å²) in [4.78, 5) is 6.65. The third kappa shape index (κ3) is 5.56. The number of benzene rings is 1. The zero-order valence-corrected chi connectivity index (χ0v) is 15.6. The van der Waals surface area contributed by atoms with Crippen molar-refractivity contribution in [1.82, 2.24) is 15.2 Å². The van der Waals surface area contributed by atoms with Crippen molar-refractivity contribution in [1.29, 1.82) is 0 Å². The number of hydrogen-bond donors (Lipinski definition) is 2. The van der Waals surface area contributed by atoms with Gasteiger partial charge in [-0.2, -0.15) is 10.1 Å². The fourth-order valence-corrected chi connectivity index (χ4v) is 2.88. The van der Waals surface area contributed by atoms with Gasteiger partial charge in [0.15, 0.2) is 0 Å². The quantitative estimate of drug-likeness (QED) is 0.410. The lowest BCUT2D eigenvalue weighted by Crippen LogP contribution is -2.21. The number of nitrogens with zero attached hydrogens (tertiary/aromatic N) is 4. The van der Waals surface area contributed by atoms with Gasteiger partial charge in [0, 0.05) is 24.5 Å². The first-order valence-corrected chi connectivity index (χ1v) is 9.30. The van der Waals surface area contributed by atoms with Gasteiger partial charge in [0.05, 0.1) is 6.21 Å². The summed E-state index contributed by atoms with van der Waals surface area (Å²) in [6, 6.07) is 8.35. The van der Waals surface area contributed by atoms with Crippen molar-refractivity contribution in [2.75, 3.05) is 29.2 Å². The van der Waals surface area contributed by atoms with Crippen molar-refractivity contribution in [3.8, 4) is 0 Å². The van der Waals surface area contributed by atoms with Crippen LogP contribution >= 0.6 is 11.8 Å². The molecule has 0 fully saturated rings. The summed E-state index contributed by atoms with van der Waals surface area (Å²) in [7, 11) is 0. The Morgan fingerprint density at radius 2 is 1.96 bits per heavy atom. The molecule has 0 atom stereocenters. The van der Waals surface area contributed by atoms with Gasteiger partial charge in [0.2, 0.25) is 11.1 Å². The van der Waals surface area contributed by atoms with E-state index in [0.717, 1.165) is 29.6 Å². The van der Waals surface area contributed by atoms with Gasteiger partial charge in [-0.15, -0.1) is 5.10 Å². The zero-order chi connectivity index (χ0) is 17.4. The maximum absolute atomic E-state index is 4.34. The van der Waals surface area contributed by atoms with Crippen LogP contribution in [0.4, 0.5) is 11.6 Å². The number of hydrazone groups is 1. The summed E-state index contributed by atoms with van der Waals surface area (Å²) in [5.41, 5.74) is 5.14. The third-order valence-electron chi connectivity index (χ3n) is 3.42. The predicted molar refractivity (Wildman–Crippen MR) is 103 cm³/mol. The number of thioether (sulfide) groups is 1. The van der Waals surface area contributed by atoms with E-state index in [-0.39, 0.29) is 0 Å². The highest BCUT2D eigenvalue weighted by Gasteiger charge is 2.04. The van der Waals surface area contributed by atoms with E-state index in [1.54, 1.807) is 18.0 Å². The van der Waals surface area contributed by atoms with Crippen molar-refractivity contribution in [2.45, 2.75) is 32.9 Å². The van der Waals surface area contributed by atoms with E-state index in [2.05, 4.69) is 82.6 Å². The van der Waals surface area contributed by atoms with Gasteiger partial charge in [-0.3, -0.25) is 0 Å². The van der Waals surface area contributed by atoms with Crippen molar-refractivity contribution in [3.63, 3.8) is 0 Å². The Labute approximate surface area is 148 Å². The maximum Gasteiger partial charge on any atom is 0.240 e. The van der Waals surface area contributed by atoms with Gasteiger partial charge in [0.1, 0.15) is 0 Å². The van der Waals surface area contributed by atoms with Crippen molar-refractivity contribution >= 4 is 29.6 Å². The minimum absolute atomic E-state index is 0.553. The van der Waals surface area contributed by atoms with Crippen LogP contribution in [0.25, 0.3) is 0 Å². The van der Waals surface area contributed by atoms with Crippen LogP contribution in [0.2, 0.25) is 0 Å². The first-order valence-electron chi connectivity index (χ1n) is 8.31. The molecule has 0 spiro atoms. The summed E-state index contributed by atoms with van der Waals surface area (Å²) in [5.74, 6) is 2.17. The van der Waals surface area contributed by atoms with Crippen LogP contribution in [0.1, 0.15) is 33.3 Å². The Morgan fingerprint density at radius 3 is 2.58 bits per heavy atom. The average Bonchev–Trinajstić information content (AvgIpc) is 3.03. The molecule has 6 nitrogen and oxygen atoms in total. The van der Waals surface area contributed by atoms with Crippen LogP contribution < -0.4 is 10.3 Å². The van der Waals surface area contributed by atoms with Gasteiger partial charge in [-0.05, 0) is 37.5 Å². The molecular formula is C17H26N6S. The summed E-state index contributed by atoms with van der Waals surface area (Å²) < 4.78 is 0. The number of H-pyrrole nitrogens is 1. The molecule has 7 heteroatoms. The van der Waals surface area contributed by atoms with E-state index in [1.807, 2.05) is 0 Å². The Bertz CT molecular complexity index is 631. The standard InChI is InChI=1S/C17H26N6S/c1-5-23(6-2)15-9-7-14(8-10-15)11-18-20-16-19-17(22-21-16)24-12-13(3)4/h7-11,13H,5-6,12H2,1-4H3,(H2,19,20,21,22)/b18-11-. The Kier molecular flexibility index (Phi) is 7.11. The van der Waals surface area contributed by atoms with Crippen molar-refractivity contribution in [2.24, 2.45) is 11.0 Å². The van der Waals surface area contributed by atoms with E-state index >= 15 is 0 Å². The maximum atomic E-state index is 4.34. The molecule has 1 aromatic carbocycles. The average molecular weight is 347 g/mol. The summed E-state index contributed by atoms with van der Waals surface area (Å²) in [5, 5.41) is 11.9. The van der Waals surface area contributed by atoms with Gasteiger partial charge in [-0.25, -0.2) is 10.5 Å². The lowest BCUT2D eigenvalue weighted by atomic mass is 10.2. The predicted octanol–water partition coefficient (Wildman–Crippen LogP) is 3.85. The molecule has 24 heavy (non-hydrogen) atoms. The zero-order valence-electron chi connectivity index (χ0n) is 14.8. The van der Waals surface area contributed by atoms with E-state index in [9.17, 15) is 0 Å². The van der Waals surface area contributed by atoms with Crippen molar-refractivity contribution in [3.05, 3.63) is 29.8 Å². The van der Waals surface area contributed by atoms with Crippen molar-refractivity contribution < 1.29 is 0 Å². The van der Waals surface area contributed by atoms with Crippen LogP contribution in [-0.4, -0.2) is 40.2 Å². The second-order valence-corrected chi connectivity index (χ2v) is 6.79. The second-order valence-electron chi connectivity index (χ2n) is 5.81. The number of rotatable bonds is 9. The fraction of sp³-hybridized carbons (Fsp3) is 0.471. The molecule has 0 radical (unpaired) electrons. The Morgan fingerprint density at radius 1 is 1.25 bits per heavy atom. The monoisotopic (exact) mass is 346 g/mol. The van der Waals surface area contributed by atoms with E-state index < -0.39 is 0 Å². The number of aromatic nitrogens is 3. The molecule has 0 amide bonds. The highest BCUT2D eigenvalue weighted by Crippen LogP contribution is 2.17. The number of hydrogen-bond acceptors (Lipinski definition) is 6. The SMILES string of the molecule is CCN(CC)c1ccc(/C=N\Nc2nc(SCC(C)C)n[nH]2)cc1. The molecule has 0 bridgehead atoms. The second kappa shape index (κ2) is 9.32. The summed E-state index contributed by atoms with van der Waals surface area (Å²) in [6.07, 6.45) is 1.77. The molecule has 0 aliphatic carbocycles. The number of anilines is 2. The van der Waals surface area contributed by atoms with E-state index in [4.69, 9.17) is 0 Å². The molecule has 1 heterocycles. The molecule has 0 unspecified atom stereocenters. The molecule has 2 rings (SSSR count). The molecular weight excluding hydrogens is 320 g/mol. The summed E-state index contributed by atoms with van der Waals surface area (Å²) >= 11 is 1.64. The molecule has 0 saturated heterocycles. The lowest BCUT2D eigenvalue weighted by molar-refractivity contribution is 0.748. The van der Waals surface area contributed by atoms with E-state index in [1.165, 1.54) is 5.69 Å². The smallest absolute Gasteiger partial charge is 0.240 e. The third-order valence-corrected chi connectivity index (χ3v) is 4.69. The summed E-state index contributed by atoms with van der Waals surface area (Å²) in [6.45, 7) is 10.7. The fourth-order valence-electron chi connectivity index (χ4n) is 2.13. The molecule has 0 aliphatic rings. The Hall–Kier alpha value is -2.02. The normalized spacial score (nSPS) is 11.4. The van der Waals surface area contributed by atoms with Crippen LogP contribution in [0.5, 0.6) is 0 Å². The van der Waals surface area contributed by atoms with Crippen LogP contribution in [-0.2, 0) is 0 Å².